The van der Waals surface area contributed by atoms with Gasteiger partial charge in [0.25, 0.3) is 0 Å². The molecule has 0 N–H and O–H groups in total. The van der Waals surface area contributed by atoms with Gasteiger partial charge in [-0.3, -0.25) is 19.9 Å². The quantitative estimate of drug-likeness (QED) is 0.195. The van der Waals surface area contributed by atoms with Gasteiger partial charge in [-0.05, 0) is 59.7 Å². The topological polar surface area (TPSA) is 99.1 Å². The Bertz CT molecular complexity index is 1510. The van der Waals surface area contributed by atoms with E-state index in [2.05, 4.69) is 19.9 Å². The van der Waals surface area contributed by atoms with Crippen LogP contribution in [0.4, 0.5) is 26.3 Å². The fraction of sp³-hybridized carbons (Fsp3) is 0.0714. The van der Waals surface area contributed by atoms with Gasteiger partial charge in [0.2, 0.25) is 0 Å². The van der Waals surface area contributed by atoms with Gasteiger partial charge in [-0.1, -0.05) is 12.1 Å². The second-order valence-corrected chi connectivity index (χ2v) is 8.15. The molecule has 6 nitrogen and oxygen atoms in total. The molecule has 0 saturated carbocycles. The number of rotatable bonds is 5. The minimum absolute atomic E-state index is 0.0987. The number of hydrogen-bond donors (Lipinski definition) is 0. The Morgan fingerprint density at radius 2 is 0.950 bits per heavy atom. The van der Waals surface area contributed by atoms with Crippen molar-refractivity contribution in [3.8, 4) is 23.5 Å². The van der Waals surface area contributed by atoms with Crippen molar-refractivity contribution < 1.29 is 26.3 Å². The minimum Gasteiger partial charge on any atom is -0.254 e. The summed E-state index contributed by atoms with van der Waals surface area (Å²) in [5, 5.41) is 18.9. The summed E-state index contributed by atoms with van der Waals surface area (Å²) < 4.78 is 76.4. The van der Waals surface area contributed by atoms with E-state index in [1.54, 1.807) is 24.3 Å². The molecule has 0 bridgehead atoms. The fourth-order valence-corrected chi connectivity index (χ4v) is 3.42. The van der Waals surface area contributed by atoms with Crippen molar-refractivity contribution >= 4 is 23.3 Å². The Hall–Kier alpha value is -5.36. The number of allylic oxidation sites excluding steroid dienone is 2. The molecule has 0 aromatic carbocycles. The molecule has 0 atom stereocenters. The van der Waals surface area contributed by atoms with Gasteiger partial charge in [0.15, 0.2) is 0 Å². The summed E-state index contributed by atoms with van der Waals surface area (Å²) in [5.41, 5.74) is 0.505. The van der Waals surface area contributed by atoms with Crippen molar-refractivity contribution in [1.29, 1.82) is 10.5 Å². The Kier molecular flexibility index (Phi) is 7.73. The van der Waals surface area contributed by atoms with E-state index in [0.717, 1.165) is 24.5 Å². The first-order valence-electron chi connectivity index (χ1n) is 11.2. The number of halogens is 6. The van der Waals surface area contributed by atoms with Crippen LogP contribution in [-0.4, -0.2) is 19.9 Å². The predicted octanol–water partition coefficient (Wildman–Crippen LogP) is 7.10. The van der Waals surface area contributed by atoms with Crippen molar-refractivity contribution in [3.05, 3.63) is 107 Å². The Morgan fingerprint density at radius 3 is 1.20 bits per heavy atom. The van der Waals surface area contributed by atoms with E-state index in [1.165, 1.54) is 36.7 Å². The van der Waals surface area contributed by atoms with Crippen LogP contribution < -0.4 is 0 Å². The number of hydrogen-bond acceptors (Lipinski definition) is 6. The molecule has 0 amide bonds. The van der Waals surface area contributed by atoms with Crippen LogP contribution in [0.3, 0.4) is 0 Å². The fourth-order valence-electron chi connectivity index (χ4n) is 3.42. The summed E-state index contributed by atoms with van der Waals surface area (Å²) in [6, 6.07) is 14.4. The lowest BCUT2D eigenvalue weighted by atomic mass is 10.1. The van der Waals surface area contributed by atoms with Crippen LogP contribution in [0.2, 0.25) is 0 Å². The average Bonchev–Trinajstić information content (AvgIpc) is 2.94. The average molecular weight is 548 g/mol. The second-order valence-electron chi connectivity index (χ2n) is 8.15. The summed E-state index contributed by atoms with van der Waals surface area (Å²) in [7, 11) is 0. The molecular formula is C28H14F6N6. The Labute approximate surface area is 223 Å². The van der Waals surface area contributed by atoms with Crippen molar-refractivity contribution in [2.75, 3.05) is 0 Å². The molecule has 0 spiro atoms. The van der Waals surface area contributed by atoms with E-state index in [1.807, 2.05) is 12.1 Å². The molecule has 0 unspecified atom stereocenters. The molecule has 0 aliphatic rings. The molecule has 4 aromatic heterocycles. The second kappa shape index (κ2) is 11.2. The maximum Gasteiger partial charge on any atom is 0.433 e. The zero-order valence-corrected chi connectivity index (χ0v) is 20.0. The third-order valence-electron chi connectivity index (χ3n) is 5.43. The number of nitrogens with zero attached hydrogens (tertiary/aromatic N) is 6. The van der Waals surface area contributed by atoms with Crippen molar-refractivity contribution in [2.45, 2.75) is 12.4 Å². The zero-order valence-electron chi connectivity index (χ0n) is 20.0. The summed E-state index contributed by atoms with van der Waals surface area (Å²) in [6.07, 6.45) is -1.37. The van der Waals surface area contributed by atoms with E-state index in [9.17, 15) is 36.9 Å². The molecule has 0 radical (unpaired) electrons. The lowest BCUT2D eigenvalue weighted by Gasteiger charge is -2.06. The molecule has 0 fully saturated rings. The van der Waals surface area contributed by atoms with Crippen molar-refractivity contribution in [2.24, 2.45) is 0 Å². The third kappa shape index (κ3) is 6.55. The van der Waals surface area contributed by atoms with Crippen LogP contribution in [-0.2, 0) is 12.4 Å². The summed E-state index contributed by atoms with van der Waals surface area (Å²) in [6.45, 7) is 0. The van der Waals surface area contributed by atoms with Gasteiger partial charge in [-0.25, -0.2) is 0 Å². The highest BCUT2D eigenvalue weighted by Crippen LogP contribution is 2.29. The van der Waals surface area contributed by atoms with E-state index in [0.29, 0.717) is 22.5 Å². The van der Waals surface area contributed by atoms with Gasteiger partial charge >= 0.3 is 12.4 Å². The van der Waals surface area contributed by atoms with Crippen molar-refractivity contribution in [1.82, 2.24) is 19.9 Å². The monoisotopic (exact) mass is 548 g/mol. The molecule has 198 valence electrons. The minimum atomic E-state index is -4.58. The van der Waals surface area contributed by atoms with Gasteiger partial charge in [0, 0.05) is 35.9 Å². The van der Waals surface area contributed by atoms with Crippen LogP contribution in [0.5, 0.6) is 0 Å². The van der Waals surface area contributed by atoms with Gasteiger partial charge in [-0.2, -0.15) is 36.9 Å². The molecule has 12 heteroatoms. The predicted molar refractivity (Wildman–Crippen MR) is 133 cm³/mol. The first-order valence-corrected chi connectivity index (χ1v) is 11.2. The number of aromatic nitrogens is 4. The molecule has 0 aliphatic heterocycles. The molecule has 4 heterocycles. The lowest BCUT2D eigenvalue weighted by Crippen LogP contribution is -2.07. The lowest BCUT2D eigenvalue weighted by molar-refractivity contribution is -0.142. The van der Waals surface area contributed by atoms with Crippen molar-refractivity contribution in [3.63, 3.8) is 0 Å². The zero-order chi connectivity index (χ0) is 28.9. The van der Waals surface area contributed by atoms with Crippen LogP contribution in [0.25, 0.3) is 34.7 Å². The van der Waals surface area contributed by atoms with Crippen LogP contribution in [0.15, 0.2) is 73.3 Å². The van der Waals surface area contributed by atoms with Gasteiger partial charge in [0.05, 0.1) is 34.7 Å². The van der Waals surface area contributed by atoms with Crippen LogP contribution in [0.1, 0.15) is 33.6 Å². The van der Waals surface area contributed by atoms with Gasteiger partial charge in [-0.15, -0.1) is 0 Å². The largest absolute Gasteiger partial charge is 0.433 e. The van der Waals surface area contributed by atoms with Gasteiger partial charge in [0.1, 0.15) is 11.4 Å². The maximum absolute atomic E-state index is 12.7. The maximum atomic E-state index is 12.7. The van der Waals surface area contributed by atoms with Crippen LogP contribution >= 0.6 is 0 Å². The van der Waals surface area contributed by atoms with Crippen LogP contribution in [0, 0.1) is 22.7 Å². The smallest absolute Gasteiger partial charge is 0.254 e. The summed E-state index contributed by atoms with van der Waals surface area (Å²) in [5.74, 6) is 0. The van der Waals surface area contributed by atoms with E-state index < -0.39 is 23.7 Å². The SMILES string of the molecule is N#C/C(=C\c1ccc(-c2ccc(/C=C(\C#N)c3ccc(C(F)(F)F)nc3)cn2)nc1)c1ccc(C(F)(F)F)nc1. The first kappa shape index (κ1) is 27.7. The number of alkyl halides is 6. The number of nitriles is 2. The van der Waals surface area contributed by atoms with E-state index in [-0.39, 0.29) is 22.3 Å². The molecule has 4 aromatic rings. The molecular weight excluding hydrogens is 534 g/mol. The standard InChI is InChI=1S/C28H14F6N6/c29-27(30,31)25-7-3-19(15-39-25)21(11-35)9-17-1-5-23(37-13-17)24-6-2-18(14-38-24)10-22(12-36)20-4-8-26(40-16-20)28(32,33)34/h1-10,13-16H/b21-9+,22-10+. The number of pyridine rings is 4. The Balaban J connectivity index is 1.50. The normalized spacial score (nSPS) is 12.5. The highest BCUT2D eigenvalue weighted by Gasteiger charge is 2.32. The molecule has 4 rings (SSSR count). The molecule has 0 saturated heterocycles. The Morgan fingerprint density at radius 1 is 0.550 bits per heavy atom. The van der Waals surface area contributed by atoms with Gasteiger partial charge < -0.3 is 0 Å². The highest BCUT2D eigenvalue weighted by molar-refractivity contribution is 5.90. The summed E-state index contributed by atoms with van der Waals surface area (Å²) in [4.78, 5) is 15.4. The summed E-state index contributed by atoms with van der Waals surface area (Å²) >= 11 is 0. The third-order valence-corrected chi connectivity index (χ3v) is 5.43. The van der Waals surface area contributed by atoms with E-state index in [4.69, 9.17) is 0 Å². The van der Waals surface area contributed by atoms with E-state index >= 15 is 0 Å². The highest BCUT2D eigenvalue weighted by atomic mass is 19.4. The molecule has 0 aliphatic carbocycles. The molecule has 40 heavy (non-hydrogen) atoms. The first-order chi connectivity index (χ1) is 19.0.